The van der Waals surface area contributed by atoms with Crippen LogP contribution in [0.2, 0.25) is 5.02 Å². The number of imidazole rings is 1. The number of carbonyl (C=O) groups excluding carboxylic acids is 2. The molecule has 0 aliphatic carbocycles. The Labute approximate surface area is 141 Å². The SMILES string of the molecule is COc1nccc(Cl)c1-c1nc2cc3c(cc2[nH]1)C(=O)N(C)C3=O. The summed E-state index contributed by atoms with van der Waals surface area (Å²) < 4.78 is 5.23. The molecule has 1 N–H and O–H groups in total. The Morgan fingerprint density at radius 2 is 1.92 bits per heavy atom. The van der Waals surface area contributed by atoms with Crippen LogP contribution in [0.4, 0.5) is 0 Å². The minimum absolute atomic E-state index is 0.329. The van der Waals surface area contributed by atoms with Crippen LogP contribution in [-0.4, -0.2) is 45.8 Å². The van der Waals surface area contributed by atoms with Crippen molar-refractivity contribution in [3.8, 4) is 17.3 Å². The molecule has 24 heavy (non-hydrogen) atoms. The number of halogens is 1. The molecule has 8 heteroatoms. The lowest BCUT2D eigenvalue weighted by Crippen LogP contribution is -2.24. The highest BCUT2D eigenvalue weighted by Gasteiger charge is 2.33. The number of nitrogens with one attached hydrogen (secondary N) is 1. The summed E-state index contributed by atoms with van der Waals surface area (Å²) in [5, 5.41) is 0.431. The first kappa shape index (κ1) is 14.6. The summed E-state index contributed by atoms with van der Waals surface area (Å²) in [5.74, 6) is 0.126. The molecule has 0 bridgehead atoms. The van der Waals surface area contributed by atoms with Crippen molar-refractivity contribution in [2.75, 3.05) is 14.2 Å². The Balaban J connectivity index is 1.94. The third-order valence-corrected chi connectivity index (χ3v) is 4.30. The van der Waals surface area contributed by atoms with Gasteiger partial charge in [-0.25, -0.2) is 9.97 Å². The third-order valence-electron chi connectivity index (χ3n) is 3.99. The lowest BCUT2D eigenvalue weighted by atomic mass is 10.1. The van der Waals surface area contributed by atoms with E-state index in [9.17, 15) is 9.59 Å². The van der Waals surface area contributed by atoms with Crippen molar-refractivity contribution in [2.24, 2.45) is 0 Å². The molecule has 120 valence electrons. The van der Waals surface area contributed by atoms with E-state index in [2.05, 4.69) is 15.0 Å². The molecule has 7 nitrogen and oxygen atoms in total. The number of rotatable bonds is 2. The molecular weight excluding hydrogens is 332 g/mol. The highest BCUT2D eigenvalue weighted by molar-refractivity contribution is 6.33. The Bertz CT molecular complexity index is 975. The Morgan fingerprint density at radius 3 is 2.62 bits per heavy atom. The van der Waals surface area contributed by atoms with Gasteiger partial charge in [0, 0.05) is 13.2 Å². The quantitative estimate of drug-likeness (QED) is 0.723. The van der Waals surface area contributed by atoms with Crippen LogP contribution in [0.1, 0.15) is 20.7 Å². The first-order chi connectivity index (χ1) is 11.5. The highest BCUT2D eigenvalue weighted by Crippen LogP contribution is 2.35. The fourth-order valence-corrected chi connectivity index (χ4v) is 3.00. The van der Waals surface area contributed by atoms with E-state index in [4.69, 9.17) is 16.3 Å². The molecule has 0 spiro atoms. The Morgan fingerprint density at radius 1 is 1.21 bits per heavy atom. The van der Waals surface area contributed by atoms with Crippen molar-refractivity contribution in [1.82, 2.24) is 19.9 Å². The minimum atomic E-state index is -0.335. The molecule has 4 rings (SSSR count). The number of imide groups is 1. The second-order valence-electron chi connectivity index (χ2n) is 5.35. The second kappa shape index (κ2) is 5.04. The molecule has 0 radical (unpaired) electrons. The van der Waals surface area contributed by atoms with Gasteiger partial charge < -0.3 is 9.72 Å². The van der Waals surface area contributed by atoms with E-state index in [0.717, 1.165) is 4.90 Å². The summed E-state index contributed by atoms with van der Waals surface area (Å²) in [6.07, 6.45) is 1.54. The number of benzene rings is 1. The molecule has 0 saturated heterocycles. The third kappa shape index (κ3) is 1.91. The Hall–Kier alpha value is -2.93. The summed E-state index contributed by atoms with van der Waals surface area (Å²) >= 11 is 6.24. The Kier molecular flexibility index (Phi) is 3.07. The summed E-state index contributed by atoms with van der Waals surface area (Å²) in [6.45, 7) is 0. The lowest BCUT2D eigenvalue weighted by molar-refractivity contribution is 0.0693. The molecule has 0 atom stereocenters. The van der Waals surface area contributed by atoms with Crippen LogP contribution in [-0.2, 0) is 0 Å². The van der Waals surface area contributed by atoms with E-state index in [-0.39, 0.29) is 11.8 Å². The fourth-order valence-electron chi connectivity index (χ4n) is 2.77. The first-order valence-corrected chi connectivity index (χ1v) is 7.44. The van der Waals surface area contributed by atoms with Crippen LogP contribution in [0.25, 0.3) is 22.4 Å². The van der Waals surface area contributed by atoms with Gasteiger partial charge in [0.2, 0.25) is 5.88 Å². The van der Waals surface area contributed by atoms with Gasteiger partial charge in [-0.15, -0.1) is 0 Å². The molecule has 0 fully saturated rings. The molecule has 3 aromatic rings. The second-order valence-corrected chi connectivity index (χ2v) is 5.75. The number of aromatic amines is 1. The van der Waals surface area contributed by atoms with Gasteiger partial charge in [-0.3, -0.25) is 14.5 Å². The number of carbonyl (C=O) groups is 2. The summed E-state index contributed by atoms with van der Waals surface area (Å²) in [7, 11) is 2.95. The zero-order valence-electron chi connectivity index (χ0n) is 12.8. The number of hydrogen-bond donors (Lipinski definition) is 1. The first-order valence-electron chi connectivity index (χ1n) is 7.06. The van der Waals surface area contributed by atoms with Gasteiger partial charge in [0.05, 0.1) is 39.9 Å². The molecule has 1 aliphatic heterocycles. The van der Waals surface area contributed by atoms with Crippen molar-refractivity contribution in [3.63, 3.8) is 0 Å². The van der Waals surface area contributed by atoms with Crippen LogP contribution < -0.4 is 4.74 Å². The predicted molar refractivity (Wildman–Crippen MR) is 87.3 cm³/mol. The molecular formula is C16H11ClN4O3. The average molecular weight is 343 g/mol. The van der Waals surface area contributed by atoms with Gasteiger partial charge in [-0.05, 0) is 18.2 Å². The summed E-state index contributed by atoms with van der Waals surface area (Å²) in [6, 6.07) is 4.86. The van der Waals surface area contributed by atoms with Crippen LogP contribution in [0, 0.1) is 0 Å². The maximum Gasteiger partial charge on any atom is 0.261 e. The number of pyridine rings is 1. The van der Waals surface area contributed by atoms with Gasteiger partial charge in [0.15, 0.2) is 0 Å². The monoisotopic (exact) mass is 342 g/mol. The van der Waals surface area contributed by atoms with Crippen molar-refractivity contribution in [1.29, 1.82) is 0 Å². The predicted octanol–water partition coefficient (Wildman–Crippen LogP) is 2.51. The van der Waals surface area contributed by atoms with Crippen molar-refractivity contribution in [3.05, 3.63) is 40.5 Å². The van der Waals surface area contributed by atoms with E-state index in [1.165, 1.54) is 20.4 Å². The van der Waals surface area contributed by atoms with Gasteiger partial charge >= 0.3 is 0 Å². The zero-order chi connectivity index (χ0) is 17.0. The molecule has 1 aromatic carbocycles. The number of fused-ring (bicyclic) bond motifs is 2. The molecule has 2 aromatic heterocycles. The minimum Gasteiger partial charge on any atom is -0.480 e. The topological polar surface area (TPSA) is 88.2 Å². The average Bonchev–Trinajstić information content (AvgIpc) is 3.08. The van der Waals surface area contributed by atoms with Gasteiger partial charge in [-0.2, -0.15) is 0 Å². The number of amides is 2. The maximum absolute atomic E-state index is 12.1. The van der Waals surface area contributed by atoms with Crippen LogP contribution in [0.5, 0.6) is 5.88 Å². The highest BCUT2D eigenvalue weighted by atomic mass is 35.5. The number of nitrogens with zero attached hydrogens (tertiary/aromatic N) is 3. The van der Waals surface area contributed by atoms with Gasteiger partial charge in [0.1, 0.15) is 5.82 Å². The standard InChI is InChI=1S/C16H11ClN4O3/c1-21-15(22)7-5-10-11(6-8(7)16(21)23)20-13(19-10)12-9(17)3-4-18-14(12)24-2/h3-6H,1-2H3,(H,19,20). The largest absolute Gasteiger partial charge is 0.480 e. The molecule has 1 aliphatic rings. The number of hydrogen-bond acceptors (Lipinski definition) is 5. The number of H-pyrrole nitrogens is 1. The summed E-state index contributed by atoms with van der Waals surface area (Å²) in [5.41, 5.74) is 2.41. The van der Waals surface area contributed by atoms with Gasteiger partial charge in [-0.1, -0.05) is 11.6 Å². The normalized spacial score (nSPS) is 13.7. The summed E-state index contributed by atoms with van der Waals surface area (Å²) in [4.78, 5) is 37.0. The van der Waals surface area contributed by atoms with E-state index >= 15 is 0 Å². The van der Waals surface area contributed by atoms with Crippen LogP contribution in [0.15, 0.2) is 24.4 Å². The lowest BCUT2D eigenvalue weighted by Gasteiger charge is -2.05. The number of ether oxygens (including phenoxy) is 1. The van der Waals surface area contributed by atoms with Crippen molar-refractivity contribution < 1.29 is 14.3 Å². The van der Waals surface area contributed by atoms with E-state index in [1.54, 1.807) is 18.2 Å². The zero-order valence-corrected chi connectivity index (χ0v) is 13.5. The van der Waals surface area contributed by atoms with Crippen molar-refractivity contribution in [2.45, 2.75) is 0 Å². The maximum atomic E-state index is 12.1. The molecule has 0 saturated carbocycles. The van der Waals surface area contributed by atoms with Crippen LogP contribution in [0.3, 0.4) is 0 Å². The molecule has 3 heterocycles. The molecule has 0 unspecified atom stereocenters. The van der Waals surface area contributed by atoms with E-state index in [0.29, 0.717) is 44.5 Å². The van der Waals surface area contributed by atoms with Gasteiger partial charge in [0.25, 0.3) is 11.8 Å². The molecule has 2 amide bonds. The van der Waals surface area contributed by atoms with E-state index in [1.807, 2.05) is 0 Å². The van der Waals surface area contributed by atoms with Crippen molar-refractivity contribution >= 4 is 34.4 Å². The number of aromatic nitrogens is 3. The number of methoxy groups -OCH3 is 1. The smallest absolute Gasteiger partial charge is 0.261 e. The van der Waals surface area contributed by atoms with E-state index < -0.39 is 0 Å². The van der Waals surface area contributed by atoms with Crippen LogP contribution >= 0.6 is 11.6 Å². The fraction of sp³-hybridized carbons (Fsp3) is 0.125.